The Morgan fingerprint density at radius 3 is 2.55 bits per heavy atom. The van der Waals surface area contributed by atoms with Gasteiger partial charge in [-0.15, -0.1) is 0 Å². The zero-order valence-corrected chi connectivity index (χ0v) is 17.8. The Kier molecular flexibility index (Phi) is 8.27. The number of aliphatic imine (C=N–C) groups is 1. The highest BCUT2D eigenvalue weighted by Gasteiger charge is 2.36. The Morgan fingerprint density at radius 1 is 1.24 bits per heavy atom. The highest BCUT2D eigenvalue weighted by Crippen LogP contribution is 2.43. The van der Waals surface area contributed by atoms with Crippen LogP contribution in [0.25, 0.3) is 0 Å². The number of methoxy groups -OCH3 is 1. The first-order chi connectivity index (χ1) is 14.2. The molecule has 0 bridgehead atoms. The van der Waals surface area contributed by atoms with Crippen molar-refractivity contribution in [3.63, 3.8) is 0 Å². The van der Waals surface area contributed by atoms with Crippen molar-refractivity contribution in [3.8, 4) is 0 Å². The lowest BCUT2D eigenvalue weighted by Gasteiger charge is -2.42. The van der Waals surface area contributed by atoms with Crippen molar-refractivity contribution >= 4 is 5.96 Å². The number of hydrogen-bond acceptors (Lipinski definition) is 4. The van der Waals surface area contributed by atoms with Crippen molar-refractivity contribution in [2.45, 2.75) is 31.7 Å². The van der Waals surface area contributed by atoms with E-state index in [0.29, 0.717) is 12.0 Å². The summed E-state index contributed by atoms with van der Waals surface area (Å²) < 4.78 is 24.2. The van der Waals surface area contributed by atoms with Crippen molar-refractivity contribution in [1.29, 1.82) is 0 Å². The first kappa shape index (κ1) is 22.0. The molecule has 1 saturated carbocycles. The molecule has 1 aliphatic carbocycles. The summed E-state index contributed by atoms with van der Waals surface area (Å²) in [6, 6.07) is 6.96. The van der Waals surface area contributed by atoms with Crippen LogP contribution in [0.4, 0.5) is 4.39 Å². The van der Waals surface area contributed by atoms with E-state index in [1.165, 1.54) is 31.4 Å². The van der Waals surface area contributed by atoms with Gasteiger partial charge in [0, 0.05) is 46.9 Å². The number of morpholine rings is 1. The molecule has 2 N–H and O–H groups in total. The third kappa shape index (κ3) is 6.14. The molecule has 0 amide bonds. The third-order valence-corrected chi connectivity index (χ3v) is 6.31. The number of hydrogen-bond donors (Lipinski definition) is 2. The van der Waals surface area contributed by atoms with Crippen molar-refractivity contribution in [2.75, 3.05) is 60.2 Å². The lowest BCUT2D eigenvalue weighted by Crippen LogP contribution is -2.49. The van der Waals surface area contributed by atoms with Crippen LogP contribution in [0.1, 0.15) is 37.3 Å². The fraction of sp³-hybridized carbons (Fsp3) is 0.682. The number of ether oxygens (including phenoxy) is 2. The van der Waals surface area contributed by atoms with Gasteiger partial charge in [-0.2, -0.15) is 0 Å². The molecular formula is C22H35FN4O2. The summed E-state index contributed by atoms with van der Waals surface area (Å²) in [7, 11) is 3.57. The molecule has 2 aliphatic rings. The van der Waals surface area contributed by atoms with Crippen LogP contribution in [0.2, 0.25) is 0 Å². The minimum Gasteiger partial charge on any atom is -0.385 e. The standard InChI is InChI=1S/C22H35FN4O2/c1-24-21(26-17-22(8-3-9-22)10-13-28-2)25-16-20(27-11-14-29-15-12-27)18-4-6-19(23)7-5-18/h4-7,20H,3,8-17H2,1-2H3,(H2,24,25,26). The number of halogens is 1. The summed E-state index contributed by atoms with van der Waals surface area (Å²) in [5.74, 6) is 0.607. The van der Waals surface area contributed by atoms with E-state index in [2.05, 4.69) is 20.5 Å². The highest BCUT2D eigenvalue weighted by molar-refractivity contribution is 5.79. The number of guanidine groups is 1. The summed E-state index contributed by atoms with van der Waals surface area (Å²) in [6.07, 6.45) is 4.86. The molecule has 1 aromatic carbocycles. The van der Waals surface area contributed by atoms with E-state index in [1.807, 2.05) is 12.1 Å². The average molecular weight is 407 g/mol. The summed E-state index contributed by atoms with van der Waals surface area (Å²) in [5.41, 5.74) is 1.43. The van der Waals surface area contributed by atoms with Gasteiger partial charge in [-0.05, 0) is 42.4 Å². The van der Waals surface area contributed by atoms with E-state index >= 15 is 0 Å². The molecular weight excluding hydrogens is 371 g/mol. The Hall–Kier alpha value is -1.70. The highest BCUT2D eigenvalue weighted by atomic mass is 19.1. The smallest absolute Gasteiger partial charge is 0.191 e. The number of nitrogens with zero attached hydrogens (tertiary/aromatic N) is 2. The maximum atomic E-state index is 13.4. The molecule has 1 heterocycles. The van der Waals surface area contributed by atoms with E-state index < -0.39 is 0 Å². The van der Waals surface area contributed by atoms with Crippen molar-refractivity contribution < 1.29 is 13.9 Å². The molecule has 0 spiro atoms. The second kappa shape index (κ2) is 10.9. The maximum absolute atomic E-state index is 13.4. The summed E-state index contributed by atoms with van der Waals surface area (Å²) in [6.45, 7) is 5.62. The Bertz CT molecular complexity index is 643. The van der Waals surface area contributed by atoms with Gasteiger partial charge >= 0.3 is 0 Å². The molecule has 1 aromatic rings. The van der Waals surface area contributed by atoms with Gasteiger partial charge in [0.25, 0.3) is 0 Å². The molecule has 1 unspecified atom stereocenters. The normalized spacial score (nSPS) is 20.7. The second-order valence-electron chi connectivity index (χ2n) is 8.12. The van der Waals surface area contributed by atoms with Gasteiger partial charge in [-0.1, -0.05) is 18.6 Å². The molecule has 6 nitrogen and oxygen atoms in total. The van der Waals surface area contributed by atoms with Gasteiger partial charge in [0.15, 0.2) is 5.96 Å². The number of nitrogens with one attached hydrogen (secondary N) is 2. The topological polar surface area (TPSA) is 58.1 Å². The Balaban J connectivity index is 1.58. The first-order valence-electron chi connectivity index (χ1n) is 10.7. The van der Waals surface area contributed by atoms with Gasteiger partial charge in [-0.25, -0.2) is 4.39 Å². The monoisotopic (exact) mass is 406 g/mol. The van der Waals surface area contributed by atoms with E-state index in [1.54, 1.807) is 14.2 Å². The minimum absolute atomic E-state index is 0.143. The largest absolute Gasteiger partial charge is 0.385 e. The van der Waals surface area contributed by atoms with Crippen molar-refractivity contribution in [1.82, 2.24) is 15.5 Å². The van der Waals surface area contributed by atoms with Gasteiger partial charge in [0.1, 0.15) is 5.82 Å². The first-order valence-corrected chi connectivity index (χ1v) is 10.7. The van der Waals surface area contributed by atoms with Gasteiger partial charge in [0.05, 0.1) is 19.3 Å². The molecule has 1 aliphatic heterocycles. The predicted octanol–water partition coefficient (Wildman–Crippen LogP) is 2.57. The molecule has 3 rings (SSSR count). The molecule has 1 atom stereocenters. The van der Waals surface area contributed by atoms with E-state index in [0.717, 1.165) is 57.4 Å². The van der Waals surface area contributed by atoms with Crippen LogP contribution in [0.5, 0.6) is 0 Å². The molecule has 1 saturated heterocycles. The second-order valence-corrected chi connectivity index (χ2v) is 8.12. The van der Waals surface area contributed by atoms with Crippen LogP contribution in [0.15, 0.2) is 29.3 Å². The molecule has 162 valence electrons. The molecule has 0 aromatic heterocycles. The van der Waals surface area contributed by atoms with Crippen LogP contribution in [0.3, 0.4) is 0 Å². The average Bonchev–Trinajstić information content (AvgIpc) is 2.73. The molecule has 7 heteroatoms. The van der Waals surface area contributed by atoms with Crippen LogP contribution >= 0.6 is 0 Å². The van der Waals surface area contributed by atoms with Gasteiger partial charge in [0.2, 0.25) is 0 Å². The molecule has 29 heavy (non-hydrogen) atoms. The molecule has 2 fully saturated rings. The number of rotatable bonds is 9. The third-order valence-electron chi connectivity index (χ3n) is 6.31. The lowest BCUT2D eigenvalue weighted by atomic mass is 9.67. The SMILES string of the molecule is CN=C(NCC(c1ccc(F)cc1)N1CCOCC1)NCC1(CCOC)CCC1. The zero-order valence-electron chi connectivity index (χ0n) is 17.8. The van der Waals surface area contributed by atoms with E-state index in [-0.39, 0.29) is 11.9 Å². The Labute approximate surface area is 173 Å². The summed E-state index contributed by atoms with van der Waals surface area (Å²) >= 11 is 0. The van der Waals surface area contributed by atoms with Crippen LogP contribution < -0.4 is 10.6 Å². The van der Waals surface area contributed by atoms with E-state index in [4.69, 9.17) is 9.47 Å². The predicted molar refractivity (Wildman–Crippen MR) is 114 cm³/mol. The van der Waals surface area contributed by atoms with Crippen LogP contribution in [0, 0.1) is 11.2 Å². The molecule has 0 radical (unpaired) electrons. The number of benzene rings is 1. The fourth-order valence-corrected chi connectivity index (χ4v) is 4.23. The van der Waals surface area contributed by atoms with Gasteiger partial charge < -0.3 is 20.1 Å². The van der Waals surface area contributed by atoms with Gasteiger partial charge in [-0.3, -0.25) is 9.89 Å². The fourth-order valence-electron chi connectivity index (χ4n) is 4.23. The Morgan fingerprint density at radius 2 is 1.97 bits per heavy atom. The minimum atomic E-state index is -0.207. The van der Waals surface area contributed by atoms with Crippen LogP contribution in [-0.2, 0) is 9.47 Å². The lowest BCUT2D eigenvalue weighted by molar-refractivity contribution is 0.0169. The zero-order chi connectivity index (χ0) is 20.5. The van der Waals surface area contributed by atoms with Crippen LogP contribution in [-0.4, -0.2) is 71.0 Å². The van der Waals surface area contributed by atoms with Crippen molar-refractivity contribution in [2.24, 2.45) is 10.4 Å². The van der Waals surface area contributed by atoms with Crippen molar-refractivity contribution in [3.05, 3.63) is 35.6 Å². The quantitative estimate of drug-likeness (QED) is 0.488. The summed E-state index contributed by atoms with van der Waals surface area (Å²) in [4.78, 5) is 6.81. The summed E-state index contributed by atoms with van der Waals surface area (Å²) in [5, 5.41) is 7.01. The van der Waals surface area contributed by atoms with E-state index in [9.17, 15) is 4.39 Å². The maximum Gasteiger partial charge on any atom is 0.191 e.